The summed E-state index contributed by atoms with van der Waals surface area (Å²) < 4.78 is 7.42. The molecule has 1 aromatic carbocycles. The molecule has 2 rings (SSSR count). The van der Waals surface area contributed by atoms with Crippen LogP contribution in [0, 0.1) is 0 Å². The van der Waals surface area contributed by atoms with Gasteiger partial charge in [-0.2, -0.15) is 4.98 Å². The number of ether oxygens (including phenoxy) is 1. The molecule has 3 nitrogen and oxygen atoms in total. The number of hydrogen-bond donors (Lipinski definition) is 0. The van der Waals surface area contributed by atoms with Gasteiger partial charge < -0.3 is 4.74 Å². The number of aromatic nitrogens is 2. The largest absolute Gasteiger partial charge is 0.468 e. The van der Waals surface area contributed by atoms with Crippen molar-refractivity contribution >= 4 is 11.0 Å². The second-order valence-corrected chi connectivity index (χ2v) is 4.59. The Kier molecular flexibility index (Phi) is 2.18. The maximum absolute atomic E-state index is 5.31. The van der Waals surface area contributed by atoms with E-state index in [1.165, 1.54) is 0 Å². The van der Waals surface area contributed by atoms with Crippen LogP contribution in [0.3, 0.4) is 0 Å². The number of rotatable bonds is 1. The summed E-state index contributed by atoms with van der Waals surface area (Å²) in [5.74, 6) is 0. The van der Waals surface area contributed by atoms with E-state index in [2.05, 4.69) is 36.4 Å². The standard InChI is InChI=1S/C12H16N2O/c1-12(2,3)14-10-8-6-5-7-9(10)13-11(14)15-4/h5-8H,1-4H3. The zero-order valence-electron chi connectivity index (χ0n) is 9.61. The van der Waals surface area contributed by atoms with Crippen LogP contribution in [-0.4, -0.2) is 16.7 Å². The van der Waals surface area contributed by atoms with E-state index in [1.54, 1.807) is 7.11 Å². The Balaban J connectivity index is 2.79. The molecular weight excluding hydrogens is 188 g/mol. The molecule has 0 aliphatic carbocycles. The summed E-state index contributed by atoms with van der Waals surface area (Å²) in [7, 11) is 1.66. The molecule has 0 saturated heterocycles. The summed E-state index contributed by atoms with van der Waals surface area (Å²) in [6.45, 7) is 6.43. The molecule has 0 N–H and O–H groups in total. The van der Waals surface area contributed by atoms with Crippen LogP contribution in [-0.2, 0) is 5.54 Å². The third kappa shape index (κ3) is 1.58. The highest BCUT2D eigenvalue weighted by molar-refractivity contribution is 5.77. The highest BCUT2D eigenvalue weighted by Gasteiger charge is 2.21. The molecule has 0 atom stereocenters. The van der Waals surface area contributed by atoms with E-state index < -0.39 is 0 Å². The Labute approximate surface area is 89.7 Å². The molecular formula is C12H16N2O. The number of imidazole rings is 1. The number of hydrogen-bond acceptors (Lipinski definition) is 2. The molecule has 0 radical (unpaired) electrons. The van der Waals surface area contributed by atoms with Gasteiger partial charge in [0.05, 0.1) is 18.1 Å². The van der Waals surface area contributed by atoms with Gasteiger partial charge in [-0.05, 0) is 32.9 Å². The molecule has 80 valence electrons. The summed E-state index contributed by atoms with van der Waals surface area (Å²) in [6.07, 6.45) is 0. The van der Waals surface area contributed by atoms with Gasteiger partial charge in [-0.15, -0.1) is 0 Å². The van der Waals surface area contributed by atoms with E-state index in [0.29, 0.717) is 6.01 Å². The van der Waals surface area contributed by atoms with Crippen molar-refractivity contribution in [3.8, 4) is 6.01 Å². The fraction of sp³-hybridized carbons (Fsp3) is 0.417. The molecule has 0 fully saturated rings. The van der Waals surface area contributed by atoms with Crippen LogP contribution in [0.5, 0.6) is 6.01 Å². The van der Waals surface area contributed by atoms with Crippen molar-refractivity contribution < 1.29 is 4.74 Å². The zero-order chi connectivity index (χ0) is 11.1. The average molecular weight is 204 g/mol. The van der Waals surface area contributed by atoms with E-state index in [1.807, 2.05) is 18.2 Å². The second kappa shape index (κ2) is 3.26. The molecule has 0 bridgehead atoms. The first-order valence-electron chi connectivity index (χ1n) is 5.06. The first kappa shape index (κ1) is 10.0. The second-order valence-electron chi connectivity index (χ2n) is 4.59. The lowest BCUT2D eigenvalue weighted by Crippen LogP contribution is -2.22. The van der Waals surface area contributed by atoms with Crippen molar-refractivity contribution in [2.75, 3.05) is 7.11 Å². The van der Waals surface area contributed by atoms with Crippen LogP contribution < -0.4 is 4.74 Å². The monoisotopic (exact) mass is 204 g/mol. The molecule has 0 amide bonds. The highest BCUT2D eigenvalue weighted by Crippen LogP contribution is 2.28. The van der Waals surface area contributed by atoms with Gasteiger partial charge >= 0.3 is 0 Å². The molecule has 0 aliphatic rings. The van der Waals surface area contributed by atoms with E-state index in [-0.39, 0.29) is 5.54 Å². The summed E-state index contributed by atoms with van der Waals surface area (Å²) in [6, 6.07) is 8.74. The van der Waals surface area contributed by atoms with Crippen molar-refractivity contribution in [3.63, 3.8) is 0 Å². The predicted octanol–water partition coefficient (Wildman–Crippen LogP) is 2.80. The lowest BCUT2D eigenvalue weighted by molar-refractivity contribution is 0.305. The van der Waals surface area contributed by atoms with Crippen LogP contribution in [0.15, 0.2) is 24.3 Å². The van der Waals surface area contributed by atoms with Crippen LogP contribution in [0.4, 0.5) is 0 Å². The number of benzene rings is 1. The maximum Gasteiger partial charge on any atom is 0.297 e. The quantitative estimate of drug-likeness (QED) is 0.714. The number of para-hydroxylation sites is 2. The smallest absolute Gasteiger partial charge is 0.297 e. The minimum Gasteiger partial charge on any atom is -0.468 e. The third-order valence-corrected chi connectivity index (χ3v) is 2.38. The number of methoxy groups -OCH3 is 1. The Hall–Kier alpha value is -1.51. The lowest BCUT2D eigenvalue weighted by Gasteiger charge is -2.23. The molecule has 0 unspecified atom stereocenters. The Morgan fingerprint density at radius 1 is 1.20 bits per heavy atom. The Bertz CT molecular complexity index is 480. The van der Waals surface area contributed by atoms with Gasteiger partial charge in [0, 0.05) is 5.54 Å². The molecule has 1 heterocycles. The molecule has 0 aliphatic heterocycles. The lowest BCUT2D eigenvalue weighted by atomic mass is 10.1. The van der Waals surface area contributed by atoms with E-state index in [4.69, 9.17) is 4.74 Å². The van der Waals surface area contributed by atoms with Crippen LogP contribution in [0.25, 0.3) is 11.0 Å². The van der Waals surface area contributed by atoms with Crippen LogP contribution in [0.2, 0.25) is 0 Å². The number of fused-ring (bicyclic) bond motifs is 1. The normalized spacial score (nSPS) is 12.0. The topological polar surface area (TPSA) is 27.1 Å². The molecule has 15 heavy (non-hydrogen) atoms. The molecule has 1 aromatic heterocycles. The molecule has 2 aromatic rings. The predicted molar refractivity (Wildman–Crippen MR) is 61.3 cm³/mol. The van der Waals surface area contributed by atoms with Gasteiger partial charge in [0.25, 0.3) is 6.01 Å². The van der Waals surface area contributed by atoms with Gasteiger partial charge in [-0.25, -0.2) is 0 Å². The van der Waals surface area contributed by atoms with Crippen molar-refractivity contribution in [2.24, 2.45) is 0 Å². The molecule has 0 spiro atoms. The summed E-state index contributed by atoms with van der Waals surface area (Å²) >= 11 is 0. The first-order chi connectivity index (χ1) is 7.04. The van der Waals surface area contributed by atoms with Gasteiger partial charge in [0.1, 0.15) is 0 Å². The van der Waals surface area contributed by atoms with Crippen LogP contribution >= 0.6 is 0 Å². The van der Waals surface area contributed by atoms with Crippen molar-refractivity contribution in [1.82, 2.24) is 9.55 Å². The third-order valence-electron chi connectivity index (χ3n) is 2.38. The maximum atomic E-state index is 5.31. The molecule has 3 heteroatoms. The zero-order valence-corrected chi connectivity index (χ0v) is 9.61. The SMILES string of the molecule is COc1nc2ccccc2n1C(C)(C)C. The Morgan fingerprint density at radius 2 is 1.87 bits per heavy atom. The Morgan fingerprint density at radius 3 is 2.47 bits per heavy atom. The average Bonchev–Trinajstić information content (AvgIpc) is 2.54. The van der Waals surface area contributed by atoms with Crippen LogP contribution in [0.1, 0.15) is 20.8 Å². The van der Waals surface area contributed by atoms with E-state index in [0.717, 1.165) is 11.0 Å². The summed E-state index contributed by atoms with van der Waals surface area (Å²) in [5.41, 5.74) is 2.06. The fourth-order valence-electron chi connectivity index (χ4n) is 1.79. The van der Waals surface area contributed by atoms with Gasteiger partial charge in [-0.1, -0.05) is 12.1 Å². The van der Waals surface area contributed by atoms with Gasteiger partial charge in [0.15, 0.2) is 0 Å². The fourth-order valence-corrected chi connectivity index (χ4v) is 1.79. The van der Waals surface area contributed by atoms with Crippen molar-refractivity contribution in [3.05, 3.63) is 24.3 Å². The minimum absolute atomic E-state index is 0.0263. The minimum atomic E-state index is -0.0263. The highest BCUT2D eigenvalue weighted by atomic mass is 16.5. The van der Waals surface area contributed by atoms with E-state index >= 15 is 0 Å². The van der Waals surface area contributed by atoms with E-state index in [9.17, 15) is 0 Å². The molecule has 0 saturated carbocycles. The van der Waals surface area contributed by atoms with Crippen molar-refractivity contribution in [1.29, 1.82) is 0 Å². The number of nitrogens with zero attached hydrogens (tertiary/aromatic N) is 2. The summed E-state index contributed by atoms with van der Waals surface area (Å²) in [4.78, 5) is 4.44. The van der Waals surface area contributed by atoms with Crippen molar-refractivity contribution in [2.45, 2.75) is 26.3 Å². The first-order valence-corrected chi connectivity index (χ1v) is 5.06. The van der Waals surface area contributed by atoms with Gasteiger partial charge in [-0.3, -0.25) is 4.57 Å². The summed E-state index contributed by atoms with van der Waals surface area (Å²) in [5, 5.41) is 0. The van der Waals surface area contributed by atoms with Gasteiger partial charge in [0.2, 0.25) is 0 Å².